The zero-order chi connectivity index (χ0) is 15.4. The fraction of sp³-hybridized carbons (Fsp3) is 0.368. The summed E-state index contributed by atoms with van der Waals surface area (Å²) in [6.45, 7) is 6.63. The maximum atomic E-state index is 6.16. The predicted octanol–water partition coefficient (Wildman–Crippen LogP) is 5.16. The molecule has 0 aliphatic carbocycles. The SMILES string of the molecule is CNC(c1ccc(CC(C)C)cc1)c1cc(Cl)ccc1C. The Morgan fingerprint density at radius 3 is 2.29 bits per heavy atom. The highest BCUT2D eigenvalue weighted by atomic mass is 35.5. The average Bonchev–Trinajstić information content (AvgIpc) is 2.44. The first kappa shape index (κ1) is 16.1. The molecular weight excluding hydrogens is 278 g/mol. The van der Waals surface area contributed by atoms with Gasteiger partial charge in [0.1, 0.15) is 0 Å². The van der Waals surface area contributed by atoms with Crippen molar-refractivity contribution in [2.75, 3.05) is 7.05 Å². The Morgan fingerprint density at radius 1 is 1.05 bits per heavy atom. The molecule has 2 heteroatoms. The zero-order valence-electron chi connectivity index (χ0n) is 13.3. The number of hydrogen-bond donors (Lipinski definition) is 1. The monoisotopic (exact) mass is 301 g/mol. The Hall–Kier alpha value is -1.31. The van der Waals surface area contributed by atoms with Gasteiger partial charge in [-0.3, -0.25) is 0 Å². The molecule has 0 bridgehead atoms. The highest BCUT2D eigenvalue weighted by molar-refractivity contribution is 6.30. The lowest BCUT2D eigenvalue weighted by Gasteiger charge is -2.20. The molecule has 1 atom stereocenters. The maximum absolute atomic E-state index is 6.16. The van der Waals surface area contributed by atoms with E-state index in [2.05, 4.69) is 62.5 Å². The summed E-state index contributed by atoms with van der Waals surface area (Å²) in [5, 5.41) is 4.19. The molecule has 1 nitrogen and oxygen atoms in total. The van der Waals surface area contributed by atoms with E-state index in [0.29, 0.717) is 5.92 Å². The van der Waals surface area contributed by atoms with Crippen LogP contribution in [0.25, 0.3) is 0 Å². The van der Waals surface area contributed by atoms with E-state index in [4.69, 9.17) is 11.6 Å². The fourth-order valence-corrected chi connectivity index (χ4v) is 2.92. The van der Waals surface area contributed by atoms with Gasteiger partial charge in [0.25, 0.3) is 0 Å². The lowest BCUT2D eigenvalue weighted by atomic mass is 9.93. The molecule has 21 heavy (non-hydrogen) atoms. The molecule has 0 amide bonds. The van der Waals surface area contributed by atoms with Gasteiger partial charge in [0.15, 0.2) is 0 Å². The molecule has 1 N–H and O–H groups in total. The third-order valence-corrected chi connectivity index (χ3v) is 4.03. The van der Waals surface area contributed by atoms with Crippen molar-refractivity contribution in [2.45, 2.75) is 33.2 Å². The highest BCUT2D eigenvalue weighted by Crippen LogP contribution is 2.27. The number of nitrogens with one attached hydrogen (secondary N) is 1. The third-order valence-electron chi connectivity index (χ3n) is 3.80. The summed E-state index contributed by atoms with van der Waals surface area (Å²) in [5.41, 5.74) is 5.16. The lowest BCUT2D eigenvalue weighted by Crippen LogP contribution is -2.18. The highest BCUT2D eigenvalue weighted by Gasteiger charge is 2.14. The van der Waals surface area contributed by atoms with E-state index in [9.17, 15) is 0 Å². The zero-order valence-corrected chi connectivity index (χ0v) is 14.0. The van der Waals surface area contributed by atoms with Crippen molar-refractivity contribution in [3.63, 3.8) is 0 Å². The first-order valence-corrected chi connectivity index (χ1v) is 7.91. The standard InChI is InChI=1S/C19H24ClN/c1-13(2)11-15-6-8-16(9-7-15)19(21-4)18-12-17(20)10-5-14(18)3/h5-10,12-13,19,21H,11H2,1-4H3. The van der Waals surface area contributed by atoms with Crippen LogP contribution >= 0.6 is 11.6 Å². The van der Waals surface area contributed by atoms with Gasteiger partial charge < -0.3 is 5.32 Å². The summed E-state index contributed by atoms with van der Waals surface area (Å²) in [4.78, 5) is 0. The molecule has 1 unspecified atom stereocenters. The van der Waals surface area contributed by atoms with Gasteiger partial charge in [0.2, 0.25) is 0 Å². The second-order valence-corrected chi connectivity index (χ2v) is 6.50. The van der Waals surface area contributed by atoms with Gasteiger partial charge in [-0.05, 0) is 60.7 Å². The van der Waals surface area contributed by atoms with Crippen LogP contribution in [0.2, 0.25) is 5.02 Å². The molecule has 0 spiro atoms. The largest absolute Gasteiger partial charge is 0.309 e. The normalized spacial score (nSPS) is 12.7. The molecule has 0 fully saturated rings. The van der Waals surface area contributed by atoms with Gasteiger partial charge in [0.05, 0.1) is 6.04 Å². The van der Waals surface area contributed by atoms with Crippen molar-refractivity contribution < 1.29 is 0 Å². The van der Waals surface area contributed by atoms with Crippen molar-refractivity contribution in [2.24, 2.45) is 5.92 Å². The van der Waals surface area contributed by atoms with Crippen LogP contribution in [0.1, 0.15) is 42.1 Å². The van der Waals surface area contributed by atoms with Gasteiger partial charge in [-0.2, -0.15) is 0 Å². The Bertz CT molecular complexity index is 587. The quantitative estimate of drug-likeness (QED) is 0.804. The molecule has 0 heterocycles. The second kappa shape index (κ2) is 7.11. The summed E-state index contributed by atoms with van der Waals surface area (Å²) in [7, 11) is 1.99. The Balaban J connectivity index is 2.31. The van der Waals surface area contributed by atoms with Crippen molar-refractivity contribution in [1.82, 2.24) is 5.32 Å². The number of hydrogen-bond acceptors (Lipinski definition) is 1. The number of benzene rings is 2. The Morgan fingerprint density at radius 2 is 1.71 bits per heavy atom. The van der Waals surface area contributed by atoms with Crippen molar-refractivity contribution in [1.29, 1.82) is 0 Å². The van der Waals surface area contributed by atoms with Crippen LogP contribution < -0.4 is 5.32 Å². The summed E-state index contributed by atoms with van der Waals surface area (Å²) >= 11 is 6.16. The third kappa shape index (κ3) is 4.09. The maximum Gasteiger partial charge on any atom is 0.0577 e. The molecule has 2 aromatic rings. The van der Waals surface area contributed by atoms with Crippen molar-refractivity contribution in [3.8, 4) is 0 Å². The van der Waals surface area contributed by atoms with Crippen LogP contribution in [0.5, 0.6) is 0 Å². The molecule has 0 saturated carbocycles. The summed E-state index contributed by atoms with van der Waals surface area (Å²) in [6.07, 6.45) is 1.13. The predicted molar refractivity (Wildman–Crippen MR) is 92.1 cm³/mol. The van der Waals surface area contributed by atoms with E-state index in [1.165, 1.54) is 22.3 Å². The number of halogens is 1. The van der Waals surface area contributed by atoms with Gasteiger partial charge >= 0.3 is 0 Å². The molecule has 0 aromatic heterocycles. The fourth-order valence-electron chi connectivity index (χ4n) is 2.74. The van der Waals surface area contributed by atoms with Gasteiger partial charge in [0, 0.05) is 5.02 Å². The van der Waals surface area contributed by atoms with E-state index >= 15 is 0 Å². The Kier molecular flexibility index (Phi) is 5.44. The smallest absolute Gasteiger partial charge is 0.0577 e. The average molecular weight is 302 g/mol. The molecule has 2 aromatic carbocycles. The van der Waals surface area contributed by atoms with E-state index in [0.717, 1.165) is 11.4 Å². The Labute approximate surface area is 133 Å². The van der Waals surface area contributed by atoms with Gasteiger partial charge in [-0.1, -0.05) is 55.8 Å². The molecule has 0 radical (unpaired) electrons. The summed E-state index contributed by atoms with van der Waals surface area (Å²) in [6, 6.07) is 15.2. The minimum atomic E-state index is 0.178. The first-order valence-electron chi connectivity index (χ1n) is 7.53. The van der Waals surface area contributed by atoms with Gasteiger partial charge in [-0.15, -0.1) is 0 Å². The van der Waals surface area contributed by atoms with Crippen molar-refractivity contribution in [3.05, 3.63) is 69.7 Å². The number of rotatable bonds is 5. The van der Waals surface area contributed by atoms with Gasteiger partial charge in [-0.25, -0.2) is 0 Å². The van der Waals surface area contributed by atoms with Crippen LogP contribution in [0.3, 0.4) is 0 Å². The minimum absolute atomic E-state index is 0.178. The number of aryl methyl sites for hydroxylation is 1. The minimum Gasteiger partial charge on any atom is -0.309 e. The van der Waals surface area contributed by atoms with Crippen LogP contribution in [0.4, 0.5) is 0 Å². The molecule has 0 aliphatic rings. The van der Waals surface area contributed by atoms with E-state index in [1.807, 2.05) is 13.1 Å². The molecule has 0 saturated heterocycles. The van der Waals surface area contributed by atoms with Crippen LogP contribution in [-0.2, 0) is 6.42 Å². The van der Waals surface area contributed by atoms with Crippen LogP contribution in [0, 0.1) is 12.8 Å². The second-order valence-electron chi connectivity index (χ2n) is 6.06. The first-order chi connectivity index (χ1) is 10.0. The molecule has 112 valence electrons. The van der Waals surface area contributed by atoms with E-state index in [1.54, 1.807) is 0 Å². The summed E-state index contributed by atoms with van der Waals surface area (Å²) < 4.78 is 0. The summed E-state index contributed by atoms with van der Waals surface area (Å²) in [5.74, 6) is 0.686. The lowest BCUT2D eigenvalue weighted by molar-refractivity contribution is 0.645. The molecule has 2 rings (SSSR count). The topological polar surface area (TPSA) is 12.0 Å². The van der Waals surface area contributed by atoms with Crippen molar-refractivity contribution >= 4 is 11.6 Å². The molecule has 0 aliphatic heterocycles. The van der Waals surface area contributed by atoms with Crippen LogP contribution in [-0.4, -0.2) is 7.05 Å². The molecular formula is C19H24ClN. The van der Waals surface area contributed by atoms with Crippen LogP contribution in [0.15, 0.2) is 42.5 Å². The van der Waals surface area contributed by atoms with E-state index in [-0.39, 0.29) is 6.04 Å². The van der Waals surface area contributed by atoms with E-state index < -0.39 is 0 Å².